The lowest BCUT2D eigenvalue weighted by atomic mass is 10.2. The number of hydrogen-bond acceptors (Lipinski definition) is 5. The molecule has 1 N–H and O–H groups in total. The molecule has 0 aromatic heterocycles. The third kappa shape index (κ3) is 6.35. The van der Waals surface area contributed by atoms with E-state index in [0.29, 0.717) is 32.1 Å². The number of sulfone groups is 1. The maximum absolute atomic E-state index is 11.4. The number of aliphatic carboxylic acids is 1. The normalized spacial score (nSPS) is 22.2. The number of carbonyl (C=O) groups is 1. The van der Waals surface area contributed by atoms with Gasteiger partial charge in [-0.2, -0.15) is 0 Å². The van der Waals surface area contributed by atoms with Crippen LogP contribution in [0.25, 0.3) is 0 Å². The summed E-state index contributed by atoms with van der Waals surface area (Å²) < 4.78 is 28.3. The van der Waals surface area contributed by atoms with Crippen molar-refractivity contribution in [3.05, 3.63) is 0 Å². The Morgan fingerprint density at radius 2 is 2.16 bits per heavy atom. The fourth-order valence-corrected chi connectivity index (χ4v) is 3.89. The standard InChI is InChI=1S/C12H23NO5S/c1-10(2)8-18-5-4-13(7-12(14)15)11-3-6-19(16,17)9-11/h10-11H,3-9H2,1-2H3,(H,14,15). The summed E-state index contributed by atoms with van der Waals surface area (Å²) in [6, 6.07) is -0.191. The van der Waals surface area contributed by atoms with E-state index in [1.54, 1.807) is 4.90 Å². The molecule has 19 heavy (non-hydrogen) atoms. The van der Waals surface area contributed by atoms with Crippen molar-refractivity contribution in [3.63, 3.8) is 0 Å². The Kier molecular flexibility index (Phi) is 6.22. The minimum atomic E-state index is -3.00. The Hall–Kier alpha value is -0.660. The van der Waals surface area contributed by atoms with Crippen LogP contribution in [-0.4, -0.2) is 68.2 Å². The van der Waals surface area contributed by atoms with E-state index in [1.165, 1.54) is 0 Å². The molecular weight excluding hydrogens is 270 g/mol. The Morgan fingerprint density at radius 1 is 1.47 bits per heavy atom. The van der Waals surface area contributed by atoms with Crippen molar-refractivity contribution in [1.29, 1.82) is 0 Å². The molecule has 6 nitrogen and oxygen atoms in total. The van der Waals surface area contributed by atoms with E-state index in [9.17, 15) is 13.2 Å². The van der Waals surface area contributed by atoms with Gasteiger partial charge in [0.25, 0.3) is 0 Å². The summed E-state index contributed by atoms with van der Waals surface area (Å²) in [6.45, 7) is 5.47. The van der Waals surface area contributed by atoms with Crippen LogP contribution in [0.2, 0.25) is 0 Å². The van der Waals surface area contributed by atoms with Gasteiger partial charge < -0.3 is 9.84 Å². The van der Waals surface area contributed by atoms with Crippen LogP contribution in [-0.2, 0) is 19.4 Å². The zero-order valence-corrected chi connectivity index (χ0v) is 12.4. The first-order valence-corrected chi connectivity index (χ1v) is 8.36. The van der Waals surface area contributed by atoms with Crippen molar-refractivity contribution < 1.29 is 23.1 Å². The van der Waals surface area contributed by atoms with Gasteiger partial charge in [-0.3, -0.25) is 9.69 Å². The van der Waals surface area contributed by atoms with Gasteiger partial charge in [0.05, 0.1) is 24.7 Å². The zero-order chi connectivity index (χ0) is 14.5. The molecule has 0 amide bonds. The van der Waals surface area contributed by atoms with Gasteiger partial charge >= 0.3 is 5.97 Å². The Labute approximate surface area is 114 Å². The summed E-state index contributed by atoms with van der Waals surface area (Å²) in [5.74, 6) is -0.293. The minimum absolute atomic E-state index is 0.0600. The van der Waals surface area contributed by atoms with Crippen molar-refractivity contribution in [3.8, 4) is 0 Å². The number of hydrogen-bond donors (Lipinski definition) is 1. The summed E-state index contributed by atoms with van der Waals surface area (Å²) in [5.41, 5.74) is 0. The molecule has 1 rings (SSSR count). The predicted molar refractivity (Wildman–Crippen MR) is 71.9 cm³/mol. The van der Waals surface area contributed by atoms with Crippen molar-refractivity contribution in [2.75, 3.05) is 37.8 Å². The van der Waals surface area contributed by atoms with Crippen LogP contribution in [0.1, 0.15) is 20.3 Å². The number of carboxylic acids is 1. The van der Waals surface area contributed by atoms with Crippen LogP contribution in [0.4, 0.5) is 0 Å². The summed E-state index contributed by atoms with van der Waals surface area (Å²) in [4.78, 5) is 12.5. The van der Waals surface area contributed by atoms with Gasteiger partial charge in [0, 0.05) is 19.2 Å². The van der Waals surface area contributed by atoms with E-state index in [-0.39, 0.29) is 24.1 Å². The highest BCUT2D eigenvalue weighted by Crippen LogP contribution is 2.17. The fraction of sp³-hybridized carbons (Fsp3) is 0.917. The lowest BCUT2D eigenvalue weighted by Gasteiger charge is -2.26. The van der Waals surface area contributed by atoms with Crippen LogP contribution in [0, 0.1) is 5.92 Å². The highest BCUT2D eigenvalue weighted by molar-refractivity contribution is 7.91. The molecule has 1 aliphatic rings. The Bertz CT molecular complexity index is 393. The third-order valence-electron chi connectivity index (χ3n) is 3.04. The second kappa shape index (κ2) is 7.21. The molecule has 0 bridgehead atoms. The molecule has 0 saturated carbocycles. The SMILES string of the molecule is CC(C)COCCN(CC(=O)O)C1CCS(=O)(=O)C1. The molecule has 1 heterocycles. The van der Waals surface area contributed by atoms with E-state index >= 15 is 0 Å². The molecule has 0 aliphatic carbocycles. The van der Waals surface area contributed by atoms with Crippen molar-refractivity contribution in [2.24, 2.45) is 5.92 Å². The van der Waals surface area contributed by atoms with E-state index < -0.39 is 15.8 Å². The van der Waals surface area contributed by atoms with E-state index in [0.717, 1.165) is 0 Å². The van der Waals surface area contributed by atoms with Gasteiger partial charge in [-0.05, 0) is 12.3 Å². The van der Waals surface area contributed by atoms with Gasteiger partial charge in [-0.1, -0.05) is 13.8 Å². The molecule has 1 fully saturated rings. The fourth-order valence-electron chi connectivity index (χ4n) is 2.13. The zero-order valence-electron chi connectivity index (χ0n) is 11.5. The first-order chi connectivity index (χ1) is 8.80. The number of nitrogens with zero attached hydrogens (tertiary/aromatic N) is 1. The quantitative estimate of drug-likeness (QED) is 0.645. The highest BCUT2D eigenvalue weighted by Gasteiger charge is 2.32. The molecule has 0 spiro atoms. The lowest BCUT2D eigenvalue weighted by molar-refractivity contribution is -0.139. The molecule has 0 aromatic carbocycles. The molecule has 7 heteroatoms. The summed E-state index contributed by atoms with van der Waals surface area (Å²) in [7, 11) is -3.00. The summed E-state index contributed by atoms with van der Waals surface area (Å²) >= 11 is 0. The van der Waals surface area contributed by atoms with Gasteiger partial charge in [-0.15, -0.1) is 0 Å². The van der Waals surface area contributed by atoms with Crippen molar-refractivity contribution in [1.82, 2.24) is 4.90 Å². The largest absolute Gasteiger partial charge is 0.480 e. The molecule has 1 aliphatic heterocycles. The monoisotopic (exact) mass is 293 g/mol. The summed E-state index contributed by atoms with van der Waals surface area (Å²) in [6.07, 6.45) is 0.514. The first-order valence-electron chi connectivity index (χ1n) is 6.54. The predicted octanol–water partition coefficient (Wildman–Crippen LogP) is 0.233. The molecule has 1 unspecified atom stereocenters. The van der Waals surface area contributed by atoms with Gasteiger partial charge in [0.15, 0.2) is 9.84 Å². The highest BCUT2D eigenvalue weighted by atomic mass is 32.2. The first kappa shape index (κ1) is 16.4. The molecule has 1 saturated heterocycles. The van der Waals surface area contributed by atoms with E-state index in [2.05, 4.69) is 0 Å². The molecule has 0 aromatic rings. The number of ether oxygens (including phenoxy) is 1. The lowest BCUT2D eigenvalue weighted by Crippen LogP contribution is -2.42. The maximum Gasteiger partial charge on any atom is 0.317 e. The minimum Gasteiger partial charge on any atom is -0.480 e. The molecule has 112 valence electrons. The van der Waals surface area contributed by atoms with Crippen LogP contribution in [0.3, 0.4) is 0 Å². The van der Waals surface area contributed by atoms with Crippen LogP contribution < -0.4 is 0 Å². The molecule has 0 radical (unpaired) electrons. The number of rotatable bonds is 8. The van der Waals surface area contributed by atoms with Crippen LogP contribution >= 0.6 is 0 Å². The van der Waals surface area contributed by atoms with Gasteiger partial charge in [0.2, 0.25) is 0 Å². The average molecular weight is 293 g/mol. The molecular formula is C12H23NO5S. The smallest absolute Gasteiger partial charge is 0.317 e. The number of carboxylic acid groups (broad SMARTS) is 1. The topological polar surface area (TPSA) is 83.9 Å². The average Bonchev–Trinajstić information content (AvgIpc) is 2.62. The second-order valence-corrected chi connectivity index (χ2v) is 7.62. The van der Waals surface area contributed by atoms with Crippen molar-refractivity contribution in [2.45, 2.75) is 26.3 Å². The van der Waals surface area contributed by atoms with E-state index in [1.807, 2.05) is 13.8 Å². The van der Waals surface area contributed by atoms with Crippen molar-refractivity contribution >= 4 is 15.8 Å². The van der Waals surface area contributed by atoms with Crippen LogP contribution in [0.15, 0.2) is 0 Å². The second-order valence-electron chi connectivity index (χ2n) is 5.39. The van der Waals surface area contributed by atoms with E-state index in [4.69, 9.17) is 9.84 Å². The molecule has 1 atom stereocenters. The van der Waals surface area contributed by atoms with Crippen LogP contribution in [0.5, 0.6) is 0 Å². The summed E-state index contributed by atoms with van der Waals surface area (Å²) in [5, 5.41) is 8.89. The Balaban J connectivity index is 2.46. The third-order valence-corrected chi connectivity index (χ3v) is 4.79. The van der Waals surface area contributed by atoms with Gasteiger partial charge in [-0.25, -0.2) is 8.42 Å². The van der Waals surface area contributed by atoms with Gasteiger partial charge in [0.1, 0.15) is 0 Å². The maximum atomic E-state index is 11.4. The Morgan fingerprint density at radius 3 is 2.63 bits per heavy atom.